The highest BCUT2D eigenvalue weighted by molar-refractivity contribution is 5.88. The Kier molecular flexibility index (Phi) is 6.77. The number of carbonyl (C=O) groups is 1. The number of aromatic amines is 1. The highest BCUT2D eigenvalue weighted by atomic mass is 16.3. The van der Waals surface area contributed by atoms with Crippen LogP contribution in [-0.4, -0.2) is 67.2 Å². The molecule has 190 valence electrons. The minimum absolute atomic E-state index is 0.101. The van der Waals surface area contributed by atoms with E-state index in [4.69, 9.17) is 4.98 Å². The number of H-pyrrole nitrogens is 1. The van der Waals surface area contributed by atoms with Gasteiger partial charge in [-0.15, -0.1) is 0 Å². The average molecular weight is 490 g/mol. The van der Waals surface area contributed by atoms with Crippen LogP contribution in [-0.2, 0) is 11.4 Å². The lowest BCUT2D eigenvalue weighted by atomic mass is 9.83. The second-order valence-electron chi connectivity index (χ2n) is 10.4. The molecule has 1 saturated carbocycles. The Balaban J connectivity index is 1.42. The Morgan fingerprint density at radius 1 is 1.25 bits per heavy atom. The number of hydrogen-bond donors (Lipinski definition) is 3. The smallest absolute Gasteiger partial charge is 0.236 e. The summed E-state index contributed by atoms with van der Waals surface area (Å²) in [6.07, 6.45) is 7.66. The van der Waals surface area contributed by atoms with Crippen molar-refractivity contribution >= 4 is 22.6 Å². The monoisotopic (exact) mass is 489 g/mol. The van der Waals surface area contributed by atoms with Crippen LogP contribution in [0.3, 0.4) is 0 Å². The van der Waals surface area contributed by atoms with Crippen molar-refractivity contribution in [1.82, 2.24) is 34.8 Å². The lowest BCUT2D eigenvalue weighted by Gasteiger charge is -2.29. The predicted octanol–water partition coefficient (Wildman–Crippen LogP) is 3.59. The standard InChI is InChI=1S/C27H35N7O2/c1-16(2)24-25(18-11-19(14-35)27-29-15-30-34(27)13-18)32-22-10-9-21(31-26(22)24)17-5-7-20(8-6-17)28-12-23(36)33(3)4/h9-11,13,15-17,20,28,32,35H,5-8,12,14H2,1-4H3. The molecule has 0 spiro atoms. The molecule has 5 rings (SSSR count). The van der Waals surface area contributed by atoms with Gasteiger partial charge in [0.1, 0.15) is 6.33 Å². The summed E-state index contributed by atoms with van der Waals surface area (Å²) in [5.41, 5.74) is 7.71. The fourth-order valence-electron chi connectivity index (χ4n) is 5.35. The summed E-state index contributed by atoms with van der Waals surface area (Å²) < 4.78 is 1.72. The van der Waals surface area contributed by atoms with Gasteiger partial charge >= 0.3 is 0 Å². The van der Waals surface area contributed by atoms with Crippen molar-refractivity contribution in [3.05, 3.63) is 47.5 Å². The number of carbonyl (C=O) groups excluding carboxylic acids is 1. The summed E-state index contributed by atoms with van der Waals surface area (Å²) in [5, 5.41) is 17.6. The van der Waals surface area contributed by atoms with Crippen molar-refractivity contribution in [1.29, 1.82) is 0 Å². The quantitative estimate of drug-likeness (QED) is 0.366. The molecule has 0 atom stereocenters. The Labute approximate surface area is 210 Å². The third-order valence-electron chi connectivity index (χ3n) is 7.37. The number of aromatic nitrogens is 5. The molecule has 0 bridgehead atoms. The molecule has 4 heterocycles. The number of nitrogens with one attached hydrogen (secondary N) is 2. The van der Waals surface area contributed by atoms with Crippen molar-refractivity contribution in [3.63, 3.8) is 0 Å². The number of hydrogen-bond acceptors (Lipinski definition) is 6. The van der Waals surface area contributed by atoms with Crippen LogP contribution >= 0.6 is 0 Å². The molecule has 36 heavy (non-hydrogen) atoms. The summed E-state index contributed by atoms with van der Waals surface area (Å²) in [4.78, 5) is 26.6. The normalized spacial score (nSPS) is 18.4. The van der Waals surface area contributed by atoms with Gasteiger partial charge in [0, 0.05) is 54.6 Å². The molecule has 0 aromatic carbocycles. The molecule has 1 aliphatic carbocycles. The van der Waals surface area contributed by atoms with Gasteiger partial charge in [0.15, 0.2) is 5.65 Å². The molecular formula is C27H35N7O2. The number of aliphatic hydroxyl groups is 1. The molecule has 9 heteroatoms. The van der Waals surface area contributed by atoms with E-state index >= 15 is 0 Å². The summed E-state index contributed by atoms with van der Waals surface area (Å²) in [6, 6.07) is 6.66. The topological polar surface area (TPSA) is 111 Å². The molecular weight excluding hydrogens is 454 g/mol. The van der Waals surface area contributed by atoms with Crippen molar-refractivity contribution in [2.45, 2.75) is 64.0 Å². The van der Waals surface area contributed by atoms with Gasteiger partial charge in [0.05, 0.1) is 29.9 Å². The van der Waals surface area contributed by atoms with Gasteiger partial charge in [0.2, 0.25) is 5.91 Å². The van der Waals surface area contributed by atoms with Gasteiger partial charge in [-0.1, -0.05) is 13.8 Å². The highest BCUT2D eigenvalue weighted by Crippen LogP contribution is 2.38. The van der Waals surface area contributed by atoms with E-state index in [-0.39, 0.29) is 18.4 Å². The van der Waals surface area contributed by atoms with E-state index in [1.54, 1.807) is 23.5 Å². The lowest BCUT2D eigenvalue weighted by Crippen LogP contribution is -2.40. The van der Waals surface area contributed by atoms with Gasteiger partial charge in [-0.3, -0.25) is 9.78 Å². The Hall–Kier alpha value is -3.30. The Bertz CT molecular complexity index is 1380. The van der Waals surface area contributed by atoms with Gasteiger partial charge in [-0.25, -0.2) is 9.50 Å². The van der Waals surface area contributed by atoms with Crippen molar-refractivity contribution in [3.8, 4) is 11.3 Å². The maximum Gasteiger partial charge on any atom is 0.236 e. The predicted molar refractivity (Wildman–Crippen MR) is 140 cm³/mol. The molecule has 0 radical (unpaired) electrons. The first-order valence-electron chi connectivity index (χ1n) is 12.7. The molecule has 1 fully saturated rings. The minimum Gasteiger partial charge on any atom is -0.392 e. The number of amides is 1. The summed E-state index contributed by atoms with van der Waals surface area (Å²) >= 11 is 0. The van der Waals surface area contributed by atoms with E-state index in [0.29, 0.717) is 24.2 Å². The fourth-order valence-corrected chi connectivity index (χ4v) is 5.35. The lowest BCUT2D eigenvalue weighted by molar-refractivity contribution is -0.127. The molecule has 1 amide bonds. The van der Waals surface area contributed by atoms with Crippen LogP contribution in [0.2, 0.25) is 0 Å². The number of likely N-dealkylation sites (N-methyl/N-ethyl adjacent to an activating group) is 1. The van der Waals surface area contributed by atoms with Gasteiger partial charge in [-0.05, 0) is 49.8 Å². The van der Waals surface area contributed by atoms with Crippen LogP contribution in [0.5, 0.6) is 0 Å². The van der Waals surface area contributed by atoms with Crippen LogP contribution in [0.25, 0.3) is 27.9 Å². The zero-order valence-electron chi connectivity index (χ0n) is 21.5. The van der Waals surface area contributed by atoms with Crippen LogP contribution in [0.4, 0.5) is 0 Å². The third kappa shape index (κ3) is 4.60. The van der Waals surface area contributed by atoms with E-state index in [0.717, 1.165) is 59.2 Å². The van der Waals surface area contributed by atoms with Gasteiger partial charge in [0.25, 0.3) is 0 Å². The summed E-state index contributed by atoms with van der Waals surface area (Å²) in [7, 11) is 3.58. The van der Waals surface area contributed by atoms with Crippen molar-refractivity contribution in [2.24, 2.45) is 0 Å². The zero-order valence-corrected chi connectivity index (χ0v) is 21.5. The number of fused-ring (bicyclic) bond motifs is 2. The van der Waals surface area contributed by atoms with Crippen molar-refractivity contribution < 1.29 is 9.90 Å². The summed E-state index contributed by atoms with van der Waals surface area (Å²) in [6.45, 7) is 4.67. The van der Waals surface area contributed by atoms with Crippen LogP contribution in [0, 0.1) is 0 Å². The van der Waals surface area contributed by atoms with E-state index in [1.807, 2.05) is 12.3 Å². The molecule has 9 nitrogen and oxygen atoms in total. The first-order chi connectivity index (χ1) is 17.4. The molecule has 4 aromatic heterocycles. The Morgan fingerprint density at radius 3 is 2.72 bits per heavy atom. The zero-order chi connectivity index (χ0) is 25.4. The maximum atomic E-state index is 11.9. The first kappa shape index (κ1) is 24.4. The molecule has 0 aliphatic heterocycles. The molecule has 3 N–H and O–H groups in total. The van der Waals surface area contributed by atoms with Crippen LogP contribution < -0.4 is 5.32 Å². The number of pyridine rings is 2. The van der Waals surface area contributed by atoms with E-state index < -0.39 is 0 Å². The van der Waals surface area contributed by atoms with Crippen LogP contribution in [0.15, 0.2) is 30.7 Å². The molecule has 0 unspecified atom stereocenters. The van der Waals surface area contributed by atoms with E-state index in [2.05, 4.69) is 46.4 Å². The fraction of sp³-hybridized carbons (Fsp3) is 0.481. The molecule has 4 aromatic rings. The van der Waals surface area contributed by atoms with Gasteiger partial charge in [-0.2, -0.15) is 5.10 Å². The van der Waals surface area contributed by atoms with Gasteiger partial charge < -0.3 is 20.3 Å². The first-order valence-corrected chi connectivity index (χ1v) is 12.7. The van der Waals surface area contributed by atoms with Crippen molar-refractivity contribution in [2.75, 3.05) is 20.6 Å². The van der Waals surface area contributed by atoms with E-state index in [9.17, 15) is 9.90 Å². The minimum atomic E-state index is -0.101. The largest absolute Gasteiger partial charge is 0.392 e. The SMILES string of the molecule is CC(C)c1c(-c2cc(CO)c3ncnn3c2)[nH]c2ccc(C3CCC(NCC(=O)N(C)C)CC3)nc12. The average Bonchev–Trinajstić information content (AvgIpc) is 3.51. The third-order valence-corrected chi connectivity index (χ3v) is 7.37. The second-order valence-corrected chi connectivity index (χ2v) is 10.4. The number of aliphatic hydroxyl groups excluding tert-OH is 1. The highest BCUT2D eigenvalue weighted by Gasteiger charge is 2.25. The molecule has 0 saturated heterocycles. The number of rotatable bonds is 7. The molecule has 1 aliphatic rings. The summed E-state index contributed by atoms with van der Waals surface area (Å²) in [5.74, 6) is 0.792. The second kappa shape index (κ2) is 9.99. The number of nitrogens with zero attached hydrogens (tertiary/aromatic N) is 5. The maximum absolute atomic E-state index is 11.9. The van der Waals surface area contributed by atoms with Crippen LogP contribution in [0.1, 0.15) is 68.2 Å². The van der Waals surface area contributed by atoms with E-state index in [1.165, 1.54) is 11.9 Å². The Morgan fingerprint density at radius 2 is 2.03 bits per heavy atom.